The summed E-state index contributed by atoms with van der Waals surface area (Å²) in [4.78, 5) is 26.3. The van der Waals surface area contributed by atoms with Gasteiger partial charge in [0.25, 0.3) is 5.91 Å². The fourth-order valence-corrected chi connectivity index (χ4v) is 7.21. The van der Waals surface area contributed by atoms with Crippen molar-refractivity contribution in [2.75, 3.05) is 51.3 Å². The van der Waals surface area contributed by atoms with Crippen LogP contribution in [0.1, 0.15) is 36.5 Å². The Hall–Kier alpha value is -4.54. The van der Waals surface area contributed by atoms with Gasteiger partial charge in [0, 0.05) is 36.6 Å². The Bertz CT molecular complexity index is 1760. The van der Waals surface area contributed by atoms with E-state index in [-0.39, 0.29) is 43.7 Å². The van der Waals surface area contributed by atoms with Gasteiger partial charge < -0.3 is 24.3 Å². The number of nitrogens with zero attached hydrogens (tertiary/aromatic N) is 6. The van der Waals surface area contributed by atoms with Crippen molar-refractivity contribution in [2.24, 2.45) is 5.92 Å². The number of nitriles is 1. The van der Waals surface area contributed by atoms with E-state index < -0.39 is 23.6 Å². The Kier molecular flexibility index (Phi) is 8.44. The second-order valence-corrected chi connectivity index (χ2v) is 12.5. The minimum atomic E-state index is -1.09. The highest BCUT2D eigenvalue weighted by Crippen LogP contribution is 2.41. The number of anilines is 1. The predicted octanol–water partition coefficient (Wildman–Crippen LogP) is 5.54. The van der Waals surface area contributed by atoms with Gasteiger partial charge in [-0.25, -0.2) is 20.3 Å². The highest BCUT2D eigenvalue weighted by molar-refractivity contribution is 5.99. The molecule has 0 saturated carbocycles. The summed E-state index contributed by atoms with van der Waals surface area (Å²) in [6.07, 6.45) is 3.86. The van der Waals surface area contributed by atoms with Crippen LogP contribution in [0.5, 0.6) is 5.88 Å². The third kappa shape index (κ3) is 5.71. The van der Waals surface area contributed by atoms with Crippen LogP contribution in [-0.4, -0.2) is 79.2 Å². The molecule has 0 N–H and O–H groups in total. The summed E-state index contributed by atoms with van der Waals surface area (Å²) in [6.45, 7) is 14.5. The van der Waals surface area contributed by atoms with Crippen LogP contribution >= 0.6 is 0 Å². The maximum absolute atomic E-state index is 16.2. The van der Waals surface area contributed by atoms with E-state index in [4.69, 9.17) is 16.3 Å². The highest BCUT2D eigenvalue weighted by atomic mass is 19.1. The first-order chi connectivity index (χ1) is 21.7. The molecule has 232 valence electrons. The van der Waals surface area contributed by atoms with E-state index in [9.17, 15) is 14.4 Å². The number of amides is 1. The molecule has 8 nitrogen and oxygen atoms in total. The smallest absolute Gasteiger partial charge is 0.282 e. The molecule has 6 rings (SSSR count). The average molecular weight is 611 g/mol. The molecule has 10 heteroatoms. The van der Waals surface area contributed by atoms with Crippen LogP contribution in [0.2, 0.25) is 0 Å². The fraction of sp³-hybridized carbons (Fsp3) is 0.429. The van der Waals surface area contributed by atoms with E-state index in [1.165, 1.54) is 16.5 Å². The van der Waals surface area contributed by atoms with Crippen LogP contribution in [0.15, 0.2) is 42.7 Å². The molecular formula is C35H36F2N6O2. The number of likely N-dealkylation sites (tertiary alicyclic amines) is 1. The van der Waals surface area contributed by atoms with Gasteiger partial charge in [0.2, 0.25) is 12.4 Å². The van der Waals surface area contributed by atoms with Gasteiger partial charge in [-0.15, -0.1) is 0 Å². The van der Waals surface area contributed by atoms with Crippen molar-refractivity contribution in [2.45, 2.75) is 44.7 Å². The van der Waals surface area contributed by atoms with Crippen molar-refractivity contribution in [3.63, 3.8) is 0 Å². The molecule has 2 aliphatic heterocycles. The number of hydrogen-bond donors (Lipinski definition) is 0. The Labute approximate surface area is 262 Å². The molecule has 1 aromatic heterocycles. The lowest BCUT2D eigenvalue weighted by atomic mass is 9.94. The summed E-state index contributed by atoms with van der Waals surface area (Å²) in [5.74, 6) is -1.72. The first-order valence-corrected chi connectivity index (χ1v) is 15.4. The van der Waals surface area contributed by atoms with Gasteiger partial charge in [0.05, 0.1) is 11.2 Å². The largest absolute Gasteiger partial charge is 0.475 e. The molecule has 3 aromatic rings. The van der Waals surface area contributed by atoms with E-state index >= 15 is 4.39 Å². The predicted molar refractivity (Wildman–Crippen MR) is 169 cm³/mol. The molecule has 2 aromatic carbocycles. The standard InChI is InChI=1S/C35H36F2N6O2/c1-21-13-23-7-5-9-26(27(23)14-21)28-16-32-29(15-31(28)37)33(30(17-38)34(40-32)45-20-24-8-6-10-41(24)4)42-11-12-43(35(44)22(2)36)25(19-42)18-39-3/h5,7,9,15-16,21,24-25H,2,6,8,10-14,18-20H2,1,4H3/t21?,24-,25-/m0/s1. The fourth-order valence-electron chi connectivity index (χ4n) is 7.21. The molecule has 1 amide bonds. The molecule has 3 heterocycles. The number of likely N-dealkylation sites (N-methyl/N-ethyl adjacent to an activating group) is 1. The zero-order valence-corrected chi connectivity index (χ0v) is 25.7. The van der Waals surface area contributed by atoms with Crippen molar-refractivity contribution in [3.05, 3.63) is 76.7 Å². The average Bonchev–Trinajstić information content (AvgIpc) is 3.62. The summed E-state index contributed by atoms with van der Waals surface area (Å²) in [5, 5.41) is 10.9. The number of ether oxygens (including phenoxy) is 1. The molecule has 1 unspecified atom stereocenters. The number of aromatic nitrogens is 1. The van der Waals surface area contributed by atoms with Crippen LogP contribution in [0.25, 0.3) is 26.9 Å². The van der Waals surface area contributed by atoms with E-state index in [0.717, 1.165) is 43.4 Å². The molecule has 2 fully saturated rings. The summed E-state index contributed by atoms with van der Waals surface area (Å²) in [6, 6.07) is 11.0. The Morgan fingerprint density at radius 2 is 2.04 bits per heavy atom. The lowest BCUT2D eigenvalue weighted by Crippen LogP contribution is -2.56. The highest BCUT2D eigenvalue weighted by Gasteiger charge is 2.36. The van der Waals surface area contributed by atoms with Gasteiger partial charge in [-0.3, -0.25) is 4.79 Å². The molecule has 3 aliphatic rings. The third-order valence-electron chi connectivity index (χ3n) is 9.49. The zero-order chi connectivity index (χ0) is 31.8. The first kappa shape index (κ1) is 30.5. The van der Waals surface area contributed by atoms with Gasteiger partial charge in [0.1, 0.15) is 30.1 Å². The second-order valence-electron chi connectivity index (χ2n) is 12.5. The van der Waals surface area contributed by atoms with E-state index in [0.29, 0.717) is 34.7 Å². The molecule has 1 aliphatic carbocycles. The number of carbonyl (C=O) groups excluding carboxylic acids is 1. The number of hydrogen-bond acceptors (Lipinski definition) is 6. The molecular weight excluding hydrogens is 574 g/mol. The molecule has 3 atom stereocenters. The van der Waals surface area contributed by atoms with Crippen molar-refractivity contribution < 1.29 is 18.3 Å². The number of carbonyl (C=O) groups is 1. The Morgan fingerprint density at radius 1 is 1.22 bits per heavy atom. The van der Waals surface area contributed by atoms with Crippen molar-refractivity contribution in [1.82, 2.24) is 14.8 Å². The van der Waals surface area contributed by atoms with Crippen molar-refractivity contribution in [3.8, 4) is 23.1 Å². The van der Waals surface area contributed by atoms with E-state index in [2.05, 4.69) is 35.4 Å². The molecule has 2 saturated heterocycles. The van der Waals surface area contributed by atoms with Crippen LogP contribution in [0, 0.1) is 29.6 Å². The molecule has 0 bridgehead atoms. The summed E-state index contributed by atoms with van der Waals surface area (Å²) in [5.41, 5.74) is 4.76. The molecule has 0 spiro atoms. The van der Waals surface area contributed by atoms with Crippen LogP contribution in [-0.2, 0) is 17.6 Å². The summed E-state index contributed by atoms with van der Waals surface area (Å²) < 4.78 is 36.3. The lowest BCUT2D eigenvalue weighted by Gasteiger charge is -2.40. The van der Waals surface area contributed by atoms with Crippen LogP contribution in [0.3, 0.4) is 0 Å². The zero-order valence-electron chi connectivity index (χ0n) is 25.7. The first-order valence-electron chi connectivity index (χ1n) is 15.4. The van der Waals surface area contributed by atoms with Crippen LogP contribution in [0.4, 0.5) is 14.5 Å². The minimum Gasteiger partial charge on any atom is -0.475 e. The van der Waals surface area contributed by atoms with Crippen molar-refractivity contribution in [1.29, 1.82) is 5.26 Å². The monoisotopic (exact) mass is 610 g/mol. The summed E-state index contributed by atoms with van der Waals surface area (Å²) >= 11 is 0. The normalized spacial score (nSPS) is 21.4. The quantitative estimate of drug-likeness (QED) is 0.258. The van der Waals surface area contributed by atoms with Gasteiger partial charge in [-0.1, -0.05) is 31.7 Å². The number of benzene rings is 2. The van der Waals surface area contributed by atoms with Gasteiger partial charge in [-0.2, -0.15) is 5.26 Å². The van der Waals surface area contributed by atoms with E-state index in [1.807, 2.05) is 24.1 Å². The SMILES string of the molecule is [C-]#[N+]C[C@H]1CN(c2c(C#N)c(OC[C@@H]3CCCN3C)nc3cc(-c4cccc5c4CC(C)C5)c(F)cc23)CCN1C(=O)C(=C)F. The van der Waals surface area contributed by atoms with Gasteiger partial charge >= 0.3 is 0 Å². The third-order valence-corrected chi connectivity index (χ3v) is 9.49. The molecule has 45 heavy (non-hydrogen) atoms. The Morgan fingerprint density at radius 3 is 2.76 bits per heavy atom. The van der Waals surface area contributed by atoms with Crippen LogP contribution < -0.4 is 9.64 Å². The van der Waals surface area contributed by atoms with Crippen molar-refractivity contribution >= 4 is 22.5 Å². The number of pyridine rings is 1. The summed E-state index contributed by atoms with van der Waals surface area (Å²) in [7, 11) is 2.05. The van der Waals surface area contributed by atoms with Gasteiger partial charge in [0.15, 0.2) is 5.83 Å². The maximum Gasteiger partial charge on any atom is 0.282 e. The Balaban J connectivity index is 1.48. The number of piperazine rings is 1. The number of halogens is 2. The van der Waals surface area contributed by atoms with E-state index in [1.54, 1.807) is 6.07 Å². The molecule has 0 radical (unpaired) electrons. The van der Waals surface area contributed by atoms with Gasteiger partial charge in [-0.05, 0) is 74.0 Å². The maximum atomic E-state index is 16.2. The topological polar surface area (TPSA) is 77.1 Å². The number of fused-ring (bicyclic) bond motifs is 2. The second kappa shape index (κ2) is 12.5. The lowest BCUT2D eigenvalue weighted by molar-refractivity contribution is -0.131. The number of rotatable bonds is 7. The minimum absolute atomic E-state index is 0.0617.